The molecule has 31 heavy (non-hydrogen) atoms. The van der Waals surface area contributed by atoms with Crippen molar-refractivity contribution < 1.29 is 30.7 Å². The van der Waals surface area contributed by atoms with E-state index >= 15 is 0 Å². The Balaban J connectivity index is 1.94. The van der Waals surface area contributed by atoms with Crippen molar-refractivity contribution in [1.29, 1.82) is 0 Å². The maximum absolute atomic E-state index is 14.7. The molecule has 0 saturated carbocycles. The predicted molar refractivity (Wildman–Crippen MR) is 110 cm³/mol. The summed E-state index contributed by atoms with van der Waals surface area (Å²) in [5, 5.41) is 0.675. The number of alkyl halides is 6. The third kappa shape index (κ3) is 2.47. The molecule has 0 unspecified atom stereocenters. The first-order valence-corrected chi connectivity index (χ1v) is 10.7. The summed E-state index contributed by atoms with van der Waals surface area (Å²) in [5.41, 5.74) is -2.09. The molecule has 0 amide bonds. The van der Waals surface area contributed by atoms with E-state index in [1.54, 1.807) is 43.3 Å². The SMILES string of the molecule is Cc1sc2ccccc2c1-c1sc2ccccc2c1C1=C(F)C(F)(F)C(F)(F)C1(F)F. The van der Waals surface area contributed by atoms with Crippen molar-refractivity contribution >= 4 is 48.4 Å². The third-order valence-electron chi connectivity index (χ3n) is 5.44. The van der Waals surface area contributed by atoms with Crippen molar-refractivity contribution in [2.24, 2.45) is 0 Å². The molecule has 0 N–H and O–H groups in total. The Bertz CT molecular complexity index is 1390. The lowest BCUT2D eigenvalue weighted by Crippen LogP contribution is -2.48. The fraction of sp³-hybridized carbons (Fsp3) is 0.182. The van der Waals surface area contributed by atoms with Gasteiger partial charge in [0.05, 0.1) is 5.57 Å². The van der Waals surface area contributed by atoms with Crippen LogP contribution in [0.5, 0.6) is 0 Å². The Labute approximate surface area is 179 Å². The number of rotatable bonds is 2. The highest BCUT2D eigenvalue weighted by Crippen LogP contribution is 2.64. The molecule has 0 aliphatic heterocycles. The summed E-state index contributed by atoms with van der Waals surface area (Å²) in [6.45, 7) is 1.72. The number of aryl methyl sites for hydroxylation is 1. The molecule has 1 aliphatic rings. The monoisotopic (exact) mass is 472 g/mol. The lowest BCUT2D eigenvalue weighted by Gasteiger charge is -2.24. The van der Waals surface area contributed by atoms with Gasteiger partial charge in [-0.1, -0.05) is 36.4 Å². The van der Waals surface area contributed by atoms with E-state index in [1.807, 2.05) is 0 Å². The first-order chi connectivity index (χ1) is 14.5. The summed E-state index contributed by atoms with van der Waals surface area (Å²) < 4.78 is 101. The van der Waals surface area contributed by atoms with Crippen LogP contribution < -0.4 is 0 Å². The number of benzene rings is 2. The van der Waals surface area contributed by atoms with E-state index in [2.05, 4.69) is 0 Å². The van der Waals surface area contributed by atoms with Crippen LogP contribution in [0.1, 0.15) is 10.4 Å². The highest BCUT2D eigenvalue weighted by atomic mass is 32.1. The molecule has 2 aromatic heterocycles. The summed E-state index contributed by atoms with van der Waals surface area (Å²) in [6, 6.07) is 13.0. The Morgan fingerprint density at radius 2 is 1.19 bits per heavy atom. The molecule has 2 aromatic carbocycles. The van der Waals surface area contributed by atoms with E-state index in [0.29, 0.717) is 20.5 Å². The van der Waals surface area contributed by atoms with Gasteiger partial charge in [0.2, 0.25) is 0 Å². The maximum Gasteiger partial charge on any atom is 0.383 e. The Hall–Kier alpha value is -2.39. The zero-order chi connectivity index (χ0) is 22.3. The normalized spacial score (nSPS) is 19.6. The smallest absolute Gasteiger partial charge is 0.204 e. The van der Waals surface area contributed by atoms with Crippen LogP contribution in [0.4, 0.5) is 30.7 Å². The molecule has 0 fully saturated rings. The summed E-state index contributed by atoms with van der Waals surface area (Å²) in [7, 11) is 0. The number of hydrogen-bond acceptors (Lipinski definition) is 2. The molecule has 4 aromatic rings. The van der Waals surface area contributed by atoms with Gasteiger partial charge in [0.1, 0.15) is 0 Å². The number of allylic oxidation sites excluding steroid dienone is 2. The largest absolute Gasteiger partial charge is 0.383 e. The highest BCUT2D eigenvalue weighted by molar-refractivity contribution is 7.24. The van der Waals surface area contributed by atoms with E-state index in [-0.39, 0.29) is 10.3 Å². The number of thiophene rings is 2. The molecule has 160 valence electrons. The molecule has 0 nitrogen and oxygen atoms in total. The predicted octanol–water partition coefficient (Wildman–Crippen LogP) is 8.69. The minimum absolute atomic E-state index is 0.0236. The van der Waals surface area contributed by atoms with E-state index in [9.17, 15) is 30.7 Å². The second-order valence-corrected chi connectivity index (χ2v) is 9.55. The van der Waals surface area contributed by atoms with Crippen molar-refractivity contribution in [2.45, 2.75) is 24.7 Å². The van der Waals surface area contributed by atoms with E-state index in [4.69, 9.17) is 0 Å². The second-order valence-electron chi connectivity index (χ2n) is 7.24. The van der Waals surface area contributed by atoms with Gasteiger partial charge in [-0.3, -0.25) is 0 Å². The van der Waals surface area contributed by atoms with Gasteiger partial charge < -0.3 is 0 Å². The van der Waals surface area contributed by atoms with Gasteiger partial charge in [-0.05, 0) is 19.1 Å². The zero-order valence-electron chi connectivity index (χ0n) is 15.6. The average Bonchev–Trinajstić information content (AvgIpc) is 3.26. The number of fused-ring (bicyclic) bond motifs is 2. The molecule has 5 rings (SSSR count). The summed E-state index contributed by atoms with van der Waals surface area (Å²) in [4.78, 5) is 0.740. The van der Waals surface area contributed by atoms with Gasteiger partial charge in [0.25, 0.3) is 0 Å². The van der Waals surface area contributed by atoms with E-state index in [1.165, 1.54) is 23.5 Å². The third-order valence-corrected chi connectivity index (χ3v) is 7.72. The molecule has 0 saturated heterocycles. The van der Waals surface area contributed by atoms with Crippen LogP contribution >= 0.6 is 22.7 Å². The highest BCUT2D eigenvalue weighted by Gasteiger charge is 2.81. The summed E-state index contributed by atoms with van der Waals surface area (Å²) in [6.07, 6.45) is 0. The van der Waals surface area contributed by atoms with E-state index < -0.39 is 34.7 Å². The van der Waals surface area contributed by atoms with Crippen molar-refractivity contribution in [3.63, 3.8) is 0 Å². The van der Waals surface area contributed by atoms with Crippen LogP contribution in [0.25, 0.3) is 36.2 Å². The Morgan fingerprint density at radius 1 is 0.677 bits per heavy atom. The summed E-state index contributed by atoms with van der Waals surface area (Å²) in [5.74, 6) is -19.7. The first-order valence-electron chi connectivity index (χ1n) is 9.04. The van der Waals surface area contributed by atoms with Gasteiger partial charge in [-0.15, -0.1) is 22.7 Å². The molecule has 9 heteroatoms. The van der Waals surface area contributed by atoms with Crippen LogP contribution in [0.2, 0.25) is 0 Å². The van der Waals surface area contributed by atoms with E-state index in [0.717, 1.165) is 16.0 Å². The molecular weight excluding hydrogens is 461 g/mol. The van der Waals surface area contributed by atoms with Crippen molar-refractivity contribution in [3.05, 3.63) is 64.8 Å². The Morgan fingerprint density at radius 3 is 1.74 bits per heavy atom. The standard InChI is InChI=1S/C22H11F7S2/c1-10-15(11-6-2-4-8-13(11)30-10)18-16(12-7-3-5-9-14(12)31-18)17-19(23)21(26,27)22(28,29)20(17,24)25/h2-9H,1H3. The van der Waals surface area contributed by atoms with Gasteiger partial charge in [0.15, 0.2) is 5.83 Å². The average molecular weight is 472 g/mol. The van der Waals surface area contributed by atoms with Crippen LogP contribution in [0, 0.1) is 6.92 Å². The van der Waals surface area contributed by atoms with Gasteiger partial charge >= 0.3 is 17.8 Å². The van der Waals surface area contributed by atoms with Crippen molar-refractivity contribution in [1.82, 2.24) is 0 Å². The quantitative estimate of drug-likeness (QED) is 0.256. The first kappa shape index (κ1) is 20.5. The Kier molecular flexibility index (Phi) is 4.18. The van der Waals surface area contributed by atoms with Crippen molar-refractivity contribution in [3.8, 4) is 10.4 Å². The van der Waals surface area contributed by atoms with Gasteiger partial charge in [-0.2, -0.15) is 26.3 Å². The molecular formula is C22H11F7S2. The van der Waals surface area contributed by atoms with Crippen LogP contribution in [0.15, 0.2) is 54.4 Å². The second kappa shape index (κ2) is 6.32. The van der Waals surface area contributed by atoms with Crippen LogP contribution in [0.3, 0.4) is 0 Å². The van der Waals surface area contributed by atoms with Gasteiger partial charge in [0, 0.05) is 41.1 Å². The zero-order valence-corrected chi connectivity index (χ0v) is 17.2. The topological polar surface area (TPSA) is 0 Å². The number of hydrogen-bond donors (Lipinski definition) is 0. The molecule has 2 heterocycles. The van der Waals surface area contributed by atoms with Crippen LogP contribution in [-0.4, -0.2) is 17.8 Å². The van der Waals surface area contributed by atoms with Gasteiger partial charge in [-0.25, -0.2) is 4.39 Å². The minimum Gasteiger partial charge on any atom is -0.204 e. The molecule has 1 aliphatic carbocycles. The molecule has 0 bridgehead atoms. The lowest BCUT2D eigenvalue weighted by atomic mass is 9.94. The molecule has 0 atom stereocenters. The summed E-state index contributed by atoms with van der Waals surface area (Å²) >= 11 is 2.33. The lowest BCUT2D eigenvalue weighted by molar-refractivity contribution is -0.263. The fourth-order valence-electron chi connectivity index (χ4n) is 3.97. The molecule has 0 radical (unpaired) electrons. The fourth-order valence-corrected chi connectivity index (χ4v) is 6.43. The molecule has 0 spiro atoms. The maximum atomic E-state index is 14.7. The van der Waals surface area contributed by atoms with Crippen LogP contribution in [-0.2, 0) is 0 Å². The minimum atomic E-state index is -5.88. The van der Waals surface area contributed by atoms with Crippen molar-refractivity contribution in [2.75, 3.05) is 0 Å². The number of halogens is 7.